The Kier molecular flexibility index (Phi) is 2.95. The molecule has 2 heteroatoms. The van der Waals surface area contributed by atoms with Gasteiger partial charge in [-0.25, -0.2) is 4.98 Å². The van der Waals surface area contributed by atoms with E-state index in [1.54, 1.807) is 0 Å². The van der Waals surface area contributed by atoms with Crippen LogP contribution in [-0.2, 0) is 0 Å². The topological polar surface area (TPSA) is 28.7 Å². The third-order valence-corrected chi connectivity index (χ3v) is 3.69. The molecule has 0 amide bonds. The first-order chi connectivity index (χ1) is 8.43. The second-order valence-electron chi connectivity index (χ2n) is 4.89. The van der Waals surface area contributed by atoms with Crippen molar-refractivity contribution >= 4 is 0 Å². The molecular weight excluding hydrogens is 208 g/mol. The Morgan fingerprint density at radius 3 is 2.53 bits per heavy atom. The summed E-state index contributed by atoms with van der Waals surface area (Å²) in [5.74, 6) is 1.71. The summed E-state index contributed by atoms with van der Waals surface area (Å²) >= 11 is 0. The van der Waals surface area contributed by atoms with Crippen LogP contribution in [0.5, 0.6) is 0 Å². The lowest BCUT2D eigenvalue weighted by molar-refractivity contribution is 0.438. The molecule has 0 bridgehead atoms. The fraction of sp³-hybridized carbons (Fsp3) is 0.400. The summed E-state index contributed by atoms with van der Waals surface area (Å²) in [6, 6.07) is 10.3. The van der Waals surface area contributed by atoms with Crippen molar-refractivity contribution in [3.05, 3.63) is 42.2 Å². The van der Waals surface area contributed by atoms with Crippen LogP contribution in [0.2, 0.25) is 0 Å². The molecule has 1 fully saturated rings. The summed E-state index contributed by atoms with van der Waals surface area (Å²) in [7, 11) is 0. The van der Waals surface area contributed by atoms with E-state index >= 15 is 0 Å². The molecule has 1 aromatic carbocycles. The molecule has 0 unspecified atom stereocenters. The molecule has 3 rings (SSSR count). The zero-order chi connectivity index (χ0) is 11.5. The second kappa shape index (κ2) is 4.74. The van der Waals surface area contributed by atoms with Crippen LogP contribution < -0.4 is 0 Å². The van der Waals surface area contributed by atoms with Crippen LogP contribution in [0.3, 0.4) is 0 Å². The summed E-state index contributed by atoms with van der Waals surface area (Å²) in [4.78, 5) is 7.99. The molecule has 2 aromatic rings. The third-order valence-electron chi connectivity index (χ3n) is 3.69. The highest BCUT2D eigenvalue weighted by Gasteiger charge is 2.17. The van der Waals surface area contributed by atoms with Gasteiger partial charge in [0.15, 0.2) is 0 Å². The highest BCUT2D eigenvalue weighted by molar-refractivity contribution is 5.54. The molecule has 2 nitrogen and oxygen atoms in total. The molecule has 1 saturated carbocycles. The Morgan fingerprint density at radius 1 is 1.00 bits per heavy atom. The van der Waals surface area contributed by atoms with Gasteiger partial charge >= 0.3 is 0 Å². The van der Waals surface area contributed by atoms with Gasteiger partial charge in [-0.15, -0.1) is 0 Å². The molecule has 0 saturated heterocycles. The average molecular weight is 226 g/mol. The SMILES string of the molecule is c1ccc(-c2ncc(C3CCCCC3)[nH]2)cc1. The van der Waals surface area contributed by atoms with Crippen LogP contribution in [0.15, 0.2) is 36.5 Å². The molecular formula is C15H18N2. The number of H-pyrrole nitrogens is 1. The van der Waals surface area contributed by atoms with Gasteiger partial charge in [-0.2, -0.15) is 0 Å². The molecule has 88 valence electrons. The first-order valence-corrected chi connectivity index (χ1v) is 6.54. The monoisotopic (exact) mass is 226 g/mol. The van der Waals surface area contributed by atoms with Gasteiger partial charge in [-0.1, -0.05) is 49.6 Å². The molecule has 1 aliphatic carbocycles. The largest absolute Gasteiger partial charge is 0.342 e. The predicted molar refractivity (Wildman–Crippen MR) is 69.8 cm³/mol. The van der Waals surface area contributed by atoms with Crippen molar-refractivity contribution in [1.82, 2.24) is 9.97 Å². The van der Waals surface area contributed by atoms with Crippen molar-refractivity contribution in [2.75, 3.05) is 0 Å². The second-order valence-corrected chi connectivity index (χ2v) is 4.89. The molecule has 0 radical (unpaired) electrons. The maximum atomic E-state index is 4.51. The lowest BCUT2D eigenvalue weighted by Gasteiger charge is -2.19. The van der Waals surface area contributed by atoms with E-state index < -0.39 is 0 Å². The Morgan fingerprint density at radius 2 is 1.76 bits per heavy atom. The van der Waals surface area contributed by atoms with Gasteiger partial charge in [0.2, 0.25) is 0 Å². The van der Waals surface area contributed by atoms with Gasteiger partial charge in [0.25, 0.3) is 0 Å². The standard InChI is InChI=1S/C15H18N2/c1-3-7-12(8-4-1)14-11-16-15(17-14)13-9-5-2-6-10-13/h2,5-6,9-12H,1,3-4,7-8H2,(H,16,17). The molecule has 0 atom stereocenters. The van der Waals surface area contributed by atoms with Crippen molar-refractivity contribution in [2.45, 2.75) is 38.0 Å². The highest BCUT2D eigenvalue weighted by atomic mass is 14.9. The summed E-state index contributed by atoms with van der Waals surface area (Å²) in [5.41, 5.74) is 2.50. The first kappa shape index (κ1) is 10.6. The van der Waals surface area contributed by atoms with E-state index in [4.69, 9.17) is 0 Å². The molecule has 0 aliphatic heterocycles. The zero-order valence-electron chi connectivity index (χ0n) is 10.0. The molecule has 1 aromatic heterocycles. The van der Waals surface area contributed by atoms with Crippen LogP contribution >= 0.6 is 0 Å². The Labute approximate surface area is 102 Å². The average Bonchev–Trinajstić information content (AvgIpc) is 2.90. The van der Waals surface area contributed by atoms with E-state index in [1.807, 2.05) is 12.3 Å². The molecule has 17 heavy (non-hydrogen) atoms. The van der Waals surface area contributed by atoms with E-state index in [-0.39, 0.29) is 0 Å². The van der Waals surface area contributed by atoms with Gasteiger partial charge in [-0.05, 0) is 12.8 Å². The maximum absolute atomic E-state index is 4.51. The summed E-state index contributed by atoms with van der Waals surface area (Å²) < 4.78 is 0. The van der Waals surface area contributed by atoms with Crippen LogP contribution in [0.4, 0.5) is 0 Å². The van der Waals surface area contributed by atoms with E-state index in [1.165, 1.54) is 43.4 Å². The van der Waals surface area contributed by atoms with Crippen molar-refractivity contribution in [3.8, 4) is 11.4 Å². The van der Waals surface area contributed by atoms with E-state index in [9.17, 15) is 0 Å². The number of hydrogen-bond acceptors (Lipinski definition) is 1. The number of hydrogen-bond donors (Lipinski definition) is 1. The number of rotatable bonds is 2. The van der Waals surface area contributed by atoms with Gasteiger partial charge < -0.3 is 4.98 Å². The smallest absolute Gasteiger partial charge is 0.137 e. The van der Waals surface area contributed by atoms with Crippen molar-refractivity contribution < 1.29 is 0 Å². The summed E-state index contributed by atoms with van der Waals surface area (Å²) in [5, 5.41) is 0. The number of imidazole rings is 1. The van der Waals surface area contributed by atoms with Gasteiger partial charge in [-0.3, -0.25) is 0 Å². The van der Waals surface area contributed by atoms with Crippen LogP contribution in [0.25, 0.3) is 11.4 Å². The van der Waals surface area contributed by atoms with Gasteiger partial charge in [0.1, 0.15) is 5.82 Å². The molecule has 0 spiro atoms. The van der Waals surface area contributed by atoms with Crippen molar-refractivity contribution in [1.29, 1.82) is 0 Å². The van der Waals surface area contributed by atoms with Crippen LogP contribution in [0, 0.1) is 0 Å². The predicted octanol–water partition coefficient (Wildman–Crippen LogP) is 4.12. The fourth-order valence-corrected chi connectivity index (χ4v) is 2.70. The van der Waals surface area contributed by atoms with E-state index in [2.05, 4.69) is 34.2 Å². The number of nitrogens with one attached hydrogen (secondary N) is 1. The van der Waals surface area contributed by atoms with E-state index in [0.717, 1.165) is 5.82 Å². The van der Waals surface area contributed by atoms with Gasteiger partial charge in [0, 0.05) is 23.4 Å². The number of benzene rings is 1. The lowest BCUT2D eigenvalue weighted by Crippen LogP contribution is -2.04. The summed E-state index contributed by atoms with van der Waals surface area (Å²) in [6.07, 6.45) is 8.79. The normalized spacial score (nSPS) is 17.2. The Bertz CT molecular complexity index is 467. The minimum Gasteiger partial charge on any atom is -0.342 e. The highest BCUT2D eigenvalue weighted by Crippen LogP contribution is 2.32. The van der Waals surface area contributed by atoms with Crippen LogP contribution in [-0.4, -0.2) is 9.97 Å². The van der Waals surface area contributed by atoms with Gasteiger partial charge in [0.05, 0.1) is 0 Å². The minimum absolute atomic E-state index is 0.703. The maximum Gasteiger partial charge on any atom is 0.137 e. The lowest BCUT2D eigenvalue weighted by atomic mass is 9.87. The van der Waals surface area contributed by atoms with Crippen LogP contribution in [0.1, 0.15) is 43.7 Å². The quantitative estimate of drug-likeness (QED) is 0.819. The molecule has 1 aliphatic rings. The Balaban J connectivity index is 1.83. The van der Waals surface area contributed by atoms with Crippen molar-refractivity contribution in [3.63, 3.8) is 0 Å². The minimum atomic E-state index is 0.703. The molecule has 1 N–H and O–H groups in total. The fourth-order valence-electron chi connectivity index (χ4n) is 2.70. The number of aromatic amines is 1. The van der Waals surface area contributed by atoms with E-state index in [0.29, 0.717) is 5.92 Å². The first-order valence-electron chi connectivity index (χ1n) is 6.54. The summed E-state index contributed by atoms with van der Waals surface area (Å²) in [6.45, 7) is 0. The third kappa shape index (κ3) is 2.26. The molecule has 1 heterocycles. The number of nitrogens with zero attached hydrogens (tertiary/aromatic N) is 1. The Hall–Kier alpha value is -1.57. The number of aromatic nitrogens is 2. The van der Waals surface area contributed by atoms with Crippen molar-refractivity contribution in [2.24, 2.45) is 0 Å². The zero-order valence-corrected chi connectivity index (χ0v) is 10.0.